The van der Waals surface area contributed by atoms with E-state index in [-0.39, 0.29) is 0 Å². The zero-order valence-electron chi connectivity index (χ0n) is 17.7. The summed E-state index contributed by atoms with van der Waals surface area (Å²) in [5.41, 5.74) is 0. The SMILES string of the molecule is CCCCCCCCCCCCCCCCCCCCCCCCO. The quantitative estimate of drug-likeness (QED) is 0.193. The number of hydrogen-bond donors (Lipinski definition) is 1. The van der Waals surface area contributed by atoms with Gasteiger partial charge in [-0.05, 0) is 6.42 Å². The molecule has 25 heavy (non-hydrogen) atoms. The zero-order valence-corrected chi connectivity index (χ0v) is 17.7. The third-order valence-corrected chi connectivity index (χ3v) is 5.51. The van der Waals surface area contributed by atoms with Crippen molar-refractivity contribution < 1.29 is 5.11 Å². The molecule has 0 unspecified atom stereocenters. The van der Waals surface area contributed by atoms with Crippen molar-refractivity contribution in [3.05, 3.63) is 0 Å². The minimum absolute atomic E-state index is 0.374. The maximum atomic E-state index is 8.72. The molecule has 0 heterocycles. The highest BCUT2D eigenvalue weighted by Crippen LogP contribution is 2.15. The van der Waals surface area contributed by atoms with Crippen LogP contribution >= 0.6 is 0 Å². The molecule has 152 valence electrons. The first-order valence-corrected chi connectivity index (χ1v) is 12.0. The van der Waals surface area contributed by atoms with Crippen molar-refractivity contribution in [2.45, 2.75) is 148 Å². The molecule has 0 aromatic heterocycles. The largest absolute Gasteiger partial charge is 0.396 e. The fourth-order valence-electron chi connectivity index (χ4n) is 3.72. The van der Waals surface area contributed by atoms with E-state index in [9.17, 15) is 0 Å². The van der Waals surface area contributed by atoms with E-state index in [0.29, 0.717) is 6.61 Å². The summed E-state index contributed by atoms with van der Waals surface area (Å²) in [6.45, 7) is 2.67. The second-order valence-corrected chi connectivity index (χ2v) is 8.15. The Balaban J connectivity index is 2.94. The summed E-state index contributed by atoms with van der Waals surface area (Å²) in [5, 5.41) is 8.72. The van der Waals surface area contributed by atoms with Gasteiger partial charge < -0.3 is 5.11 Å². The van der Waals surface area contributed by atoms with Crippen LogP contribution in [0.15, 0.2) is 0 Å². The van der Waals surface area contributed by atoms with Crippen molar-refractivity contribution in [3.8, 4) is 0 Å². The molecule has 0 aliphatic heterocycles. The normalized spacial score (nSPS) is 11.3. The molecule has 0 aliphatic rings. The molecule has 0 bridgehead atoms. The van der Waals surface area contributed by atoms with Crippen molar-refractivity contribution in [3.63, 3.8) is 0 Å². The predicted molar refractivity (Wildman–Crippen MR) is 114 cm³/mol. The number of aliphatic hydroxyl groups excluding tert-OH is 1. The molecule has 0 fully saturated rings. The van der Waals surface area contributed by atoms with E-state index in [0.717, 1.165) is 6.42 Å². The van der Waals surface area contributed by atoms with Gasteiger partial charge >= 0.3 is 0 Å². The monoisotopic (exact) mass is 354 g/mol. The highest BCUT2D eigenvalue weighted by molar-refractivity contribution is 4.51. The Hall–Kier alpha value is -0.0400. The second kappa shape index (κ2) is 24.0. The van der Waals surface area contributed by atoms with Gasteiger partial charge in [0.25, 0.3) is 0 Å². The van der Waals surface area contributed by atoms with E-state index in [4.69, 9.17) is 5.11 Å². The van der Waals surface area contributed by atoms with Crippen LogP contribution in [-0.4, -0.2) is 11.7 Å². The molecule has 0 aliphatic carbocycles. The van der Waals surface area contributed by atoms with E-state index >= 15 is 0 Å². The Morgan fingerprint density at radius 1 is 0.320 bits per heavy atom. The van der Waals surface area contributed by atoms with Gasteiger partial charge in [0.1, 0.15) is 0 Å². The molecule has 1 N–H and O–H groups in total. The average Bonchev–Trinajstić information content (AvgIpc) is 2.63. The van der Waals surface area contributed by atoms with Gasteiger partial charge in [0, 0.05) is 6.61 Å². The second-order valence-electron chi connectivity index (χ2n) is 8.15. The fourth-order valence-corrected chi connectivity index (χ4v) is 3.72. The molecule has 0 rings (SSSR count). The van der Waals surface area contributed by atoms with Gasteiger partial charge in [-0.15, -0.1) is 0 Å². The van der Waals surface area contributed by atoms with Crippen LogP contribution in [0.5, 0.6) is 0 Å². The van der Waals surface area contributed by atoms with Crippen LogP contribution in [0.3, 0.4) is 0 Å². The van der Waals surface area contributed by atoms with E-state index in [1.54, 1.807) is 0 Å². The molecule has 0 aromatic rings. The molecule has 0 atom stereocenters. The van der Waals surface area contributed by atoms with E-state index < -0.39 is 0 Å². The molecular formula is C24H50O. The first kappa shape index (κ1) is 25.0. The fraction of sp³-hybridized carbons (Fsp3) is 1.00. The number of hydrogen-bond acceptors (Lipinski definition) is 1. The van der Waals surface area contributed by atoms with Crippen LogP contribution < -0.4 is 0 Å². The number of aliphatic hydroxyl groups is 1. The topological polar surface area (TPSA) is 20.2 Å². The highest BCUT2D eigenvalue weighted by atomic mass is 16.2. The highest BCUT2D eigenvalue weighted by Gasteiger charge is 1.95. The van der Waals surface area contributed by atoms with E-state index in [1.807, 2.05) is 0 Å². The Bertz CT molecular complexity index is 192. The zero-order chi connectivity index (χ0) is 18.3. The van der Waals surface area contributed by atoms with Gasteiger partial charge in [-0.2, -0.15) is 0 Å². The van der Waals surface area contributed by atoms with E-state index in [2.05, 4.69) is 6.92 Å². The molecule has 0 spiro atoms. The minimum Gasteiger partial charge on any atom is -0.396 e. The lowest BCUT2D eigenvalue weighted by Gasteiger charge is -2.04. The first-order chi connectivity index (χ1) is 12.4. The summed E-state index contributed by atoms with van der Waals surface area (Å²) >= 11 is 0. The van der Waals surface area contributed by atoms with Crippen LogP contribution in [0.2, 0.25) is 0 Å². The van der Waals surface area contributed by atoms with Crippen molar-refractivity contribution in [2.24, 2.45) is 0 Å². The smallest absolute Gasteiger partial charge is 0.0431 e. The Kier molecular flexibility index (Phi) is 23.9. The third kappa shape index (κ3) is 24.0. The minimum atomic E-state index is 0.374. The van der Waals surface area contributed by atoms with Crippen LogP contribution in [0, 0.1) is 0 Å². The van der Waals surface area contributed by atoms with Gasteiger partial charge in [-0.25, -0.2) is 0 Å². The lowest BCUT2D eigenvalue weighted by molar-refractivity contribution is 0.282. The molecule has 1 heteroatoms. The maximum absolute atomic E-state index is 8.72. The molecule has 0 aromatic carbocycles. The lowest BCUT2D eigenvalue weighted by Crippen LogP contribution is -1.85. The van der Waals surface area contributed by atoms with Crippen LogP contribution in [0.4, 0.5) is 0 Å². The van der Waals surface area contributed by atoms with Crippen molar-refractivity contribution in [1.29, 1.82) is 0 Å². The summed E-state index contributed by atoms with van der Waals surface area (Å²) in [4.78, 5) is 0. The number of unbranched alkanes of at least 4 members (excludes halogenated alkanes) is 21. The summed E-state index contributed by atoms with van der Waals surface area (Å²) in [7, 11) is 0. The van der Waals surface area contributed by atoms with E-state index in [1.165, 1.54) is 135 Å². The van der Waals surface area contributed by atoms with Crippen LogP contribution in [-0.2, 0) is 0 Å². The van der Waals surface area contributed by atoms with Crippen LogP contribution in [0.1, 0.15) is 148 Å². The summed E-state index contributed by atoms with van der Waals surface area (Å²) in [5.74, 6) is 0. The average molecular weight is 355 g/mol. The maximum Gasteiger partial charge on any atom is 0.0431 e. The standard InChI is InChI=1S/C24H50O/c1-2-3-4-5-6-7-8-9-10-11-12-13-14-15-16-17-18-19-20-21-22-23-24-25/h25H,2-24H2,1H3. The van der Waals surface area contributed by atoms with Gasteiger partial charge in [-0.3, -0.25) is 0 Å². The lowest BCUT2D eigenvalue weighted by atomic mass is 10.0. The molecule has 0 saturated carbocycles. The van der Waals surface area contributed by atoms with Gasteiger partial charge in [0.15, 0.2) is 0 Å². The summed E-state index contributed by atoms with van der Waals surface area (Å²) in [6, 6.07) is 0. The molecular weight excluding hydrogens is 304 g/mol. The molecule has 1 nitrogen and oxygen atoms in total. The Morgan fingerprint density at radius 3 is 0.720 bits per heavy atom. The van der Waals surface area contributed by atoms with Gasteiger partial charge in [-0.1, -0.05) is 142 Å². The number of rotatable bonds is 22. The predicted octanol–water partition coefficient (Wildman–Crippen LogP) is 8.58. The Morgan fingerprint density at radius 2 is 0.520 bits per heavy atom. The molecule has 0 radical (unpaired) electrons. The first-order valence-electron chi connectivity index (χ1n) is 12.0. The molecule has 0 saturated heterocycles. The molecule has 0 amide bonds. The third-order valence-electron chi connectivity index (χ3n) is 5.51. The van der Waals surface area contributed by atoms with Gasteiger partial charge in [0.05, 0.1) is 0 Å². The summed E-state index contributed by atoms with van der Waals surface area (Å²) in [6.07, 6.45) is 31.1. The van der Waals surface area contributed by atoms with Crippen molar-refractivity contribution in [2.75, 3.05) is 6.61 Å². The summed E-state index contributed by atoms with van der Waals surface area (Å²) < 4.78 is 0. The Labute approximate surface area is 160 Å². The van der Waals surface area contributed by atoms with Crippen molar-refractivity contribution >= 4 is 0 Å². The van der Waals surface area contributed by atoms with Crippen LogP contribution in [0.25, 0.3) is 0 Å². The van der Waals surface area contributed by atoms with Crippen molar-refractivity contribution in [1.82, 2.24) is 0 Å². The van der Waals surface area contributed by atoms with Gasteiger partial charge in [0.2, 0.25) is 0 Å².